The number of pyridine rings is 1. The van der Waals surface area contributed by atoms with Gasteiger partial charge in [-0.05, 0) is 18.2 Å². The average Bonchev–Trinajstić information content (AvgIpc) is 2.82. The monoisotopic (exact) mass is 317 g/mol. The van der Waals surface area contributed by atoms with Gasteiger partial charge >= 0.3 is 0 Å². The highest BCUT2D eigenvalue weighted by molar-refractivity contribution is 7.89. The van der Waals surface area contributed by atoms with Crippen LogP contribution in [0.5, 0.6) is 0 Å². The van der Waals surface area contributed by atoms with Crippen molar-refractivity contribution in [2.45, 2.75) is 11.4 Å². The molecule has 0 saturated carbocycles. The Hall–Kier alpha value is -1.15. The number of nitrogens with zero attached hydrogens (tertiary/aromatic N) is 1. The largest absolute Gasteiger partial charge is 0.387 e. The Labute approximate surface area is 120 Å². The zero-order valence-electron chi connectivity index (χ0n) is 10.1. The van der Waals surface area contributed by atoms with Gasteiger partial charge in [0.05, 0.1) is 10.0 Å². The Kier molecular flexibility index (Phi) is 4.41. The lowest BCUT2D eigenvalue weighted by Crippen LogP contribution is -2.23. The number of sulfonamides is 1. The van der Waals surface area contributed by atoms with E-state index in [1.54, 1.807) is 25.2 Å². The minimum absolute atomic E-state index is 0.125. The third kappa shape index (κ3) is 3.44. The van der Waals surface area contributed by atoms with E-state index in [0.717, 1.165) is 4.88 Å². The highest BCUT2D eigenvalue weighted by Crippen LogP contribution is 2.23. The van der Waals surface area contributed by atoms with Crippen LogP contribution in [0.25, 0.3) is 0 Å². The van der Waals surface area contributed by atoms with E-state index in [0.29, 0.717) is 10.0 Å². The van der Waals surface area contributed by atoms with Crippen LogP contribution in [-0.2, 0) is 16.6 Å². The number of thiophene rings is 1. The molecule has 0 radical (unpaired) electrons. The fourth-order valence-electron chi connectivity index (χ4n) is 1.49. The molecular weight excluding hydrogens is 306 g/mol. The lowest BCUT2D eigenvalue weighted by Gasteiger charge is -2.09. The normalized spacial score (nSPS) is 11.5. The van der Waals surface area contributed by atoms with Crippen molar-refractivity contribution in [3.8, 4) is 0 Å². The molecule has 0 spiro atoms. The van der Waals surface area contributed by atoms with E-state index < -0.39 is 10.0 Å². The number of halogens is 1. The first-order valence-corrected chi connectivity index (χ1v) is 8.06. The van der Waals surface area contributed by atoms with Gasteiger partial charge in [-0.1, -0.05) is 11.6 Å². The van der Waals surface area contributed by atoms with Crippen molar-refractivity contribution in [1.82, 2.24) is 9.71 Å². The molecule has 8 heteroatoms. The third-order valence-corrected chi connectivity index (χ3v) is 5.07. The lowest BCUT2D eigenvalue weighted by atomic mass is 10.4. The van der Waals surface area contributed by atoms with E-state index in [4.69, 9.17) is 11.6 Å². The number of hydrogen-bond donors (Lipinski definition) is 2. The summed E-state index contributed by atoms with van der Waals surface area (Å²) < 4.78 is 27.5. The number of aromatic nitrogens is 1. The molecule has 0 aliphatic carbocycles. The zero-order valence-corrected chi connectivity index (χ0v) is 12.4. The van der Waals surface area contributed by atoms with Crippen LogP contribution in [0.15, 0.2) is 35.5 Å². The van der Waals surface area contributed by atoms with E-state index in [1.807, 2.05) is 0 Å². The number of nitrogens with one attached hydrogen (secondary N) is 2. The molecule has 2 rings (SSSR count). The summed E-state index contributed by atoms with van der Waals surface area (Å²) in [6, 6.07) is 5.13. The molecule has 2 aromatic heterocycles. The quantitative estimate of drug-likeness (QED) is 0.888. The van der Waals surface area contributed by atoms with Crippen molar-refractivity contribution >= 4 is 38.6 Å². The van der Waals surface area contributed by atoms with E-state index in [-0.39, 0.29) is 11.4 Å². The summed E-state index contributed by atoms with van der Waals surface area (Å²) in [7, 11) is -1.94. The van der Waals surface area contributed by atoms with Gasteiger partial charge in [0.25, 0.3) is 0 Å². The third-order valence-electron chi connectivity index (χ3n) is 2.41. The first-order valence-electron chi connectivity index (χ1n) is 5.38. The van der Waals surface area contributed by atoms with Crippen LogP contribution in [0.4, 0.5) is 5.69 Å². The van der Waals surface area contributed by atoms with E-state index >= 15 is 0 Å². The van der Waals surface area contributed by atoms with Crippen molar-refractivity contribution in [3.63, 3.8) is 0 Å². The predicted molar refractivity (Wildman–Crippen MR) is 77.1 cm³/mol. The maximum atomic E-state index is 12.2. The summed E-state index contributed by atoms with van der Waals surface area (Å²) in [5.74, 6) is 0. The van der Waals surface area contributed by atoms with Crippen molar-refractivity contribution in [2.75, 3.05) is 12.4 Å². The molecule has 0 aliphatic rings. The summed E-state index contributed by atoms with van der Waals surface area (Å²) in [6.07, 6.45) is 2.85. The van der Waals surface area contributed by atoms with Crippen molar-refractivity contribution in [1.29, 1.82) is 0 Å². The van der Waals surface area contributed by atoms with Gasteiger partial charge in [-0.2, -0.15) is 0 Å². The number of hydrogen-bond acceptors (Lipinski definition) is 5. The van der Waals surface area contributed by atoms with E-state index in [1.165, 1.54) is 23.7 Å². The van der Waals surface area contributed by atoms with Gasteiger partial charge in [0, 0.05) is 30.9 Å². The Morgan fingerprint density at radius 3 is 2.79 bits per heavy atom. The molecule has 0 atom stereocenters. The molecule has 0 unspecified atom stereocenters. The second kappa shape index (κ2) is 5.87. The standard InChI is InChI=1S/C11H12ClN3O2S2/c1-13-9-4-5-14-7-10(9)19(16,17)15-6-8-2-3-11(12)18-8/h2-5,7,15H,6H2,1H3,(H,13,14). The number of anilines is 1. The van der Waals surface area contributed by atoms with Gasteiger partial charge in [0.2, 0.25) is 10.0 Å². The predicted octanol–water partition coefficient (Wildman–Crippen LogP) is 2.32. The maximum Gasteiger partial charge on any atom is 0.244 e. The molecule has 2 heterocycles. The molecule has 0 saturated heterocycles. The molecule has 2 aromatic rings. The first-order chi connectivity index (χ1) is 9.03. The Morgan fingerprint density at radius 1 is 1.37 bits per heavy atom. The molecule has 19 heavy (non-hydrogen) atoms. The average molecular weight is 318 g/mol. The molecule has 2 N–H and O–H groups in total. The van der Waals surface area contributed by atoms with E-state index in [9.17, 15) is 8.42 Å². The molecule has 0 amide bonds. The van der Waals surface area contributed by atoms with Crippen LogP contribution >= 0.6 is 22.9 Å². The molecular formula is C11H12ClN3O2S2. The molecule has 102 valence electrons. The number of rotatable bonds is 5. The summed E-state index contributed by atoms with van der Waals surface area (Å²) in [5.41, 5.74) is 0.506. The van der Waals surface area contributed by atoms with Crippen LogP contribution in [-0.4, -0.2) is 20.4 Å². The van der Waals surface area contributed by atoms with Gasteiger partial charge < -0.3 is 5.32 Å². The van der Waals surface area contributed by atoms with Gasteiger partial charge in [-0.15, -0.1) is 11.3 Å². The SMILES string of the molecule is CNc1ccncc1S(=O)(=O)NCc1ccc(Cl)s1. The van der Waals surface area contributed by atoms with Crippen LogP contribution < -0.4 is 10.0 Å². The summed E-state index contributed by atoms with van der Waals surface area (Å²) in [4.78, 5) is 4.82. The lowest BCUT2D eigenvalue weighted by molar-refractivity contribution is 0.581. The van der Waals surface area contributed by atoms with Crippen LogP contribution in [0, 0.1) is 0 Å². The molecule has 0 fully saturated rings. The highest BCUT2D eigenvalue weighted by Gasteiger charge is 2.18. The van der Waals surface area contributed by atoms with E-state index in [2.05, 4.69) is 15.0 Å². The Morgan fingerprint density at radius 2 is 2.16 bits per heavy atom. The van der Waals surface area contributed by atoms with Gasteiger partial charge in [0.1, 0.15) is 4.90 Å². The summed E-state index contributed by atoms with van der Waals surface area (Å²) >= 11 is 7.14. The van der Waals surface area contributed by atoms with Crippen LogP contribution in [0.3, 0.4) is 0 Å². The molecule has 0 bridgehead atoms. The topological polar surface area (TPSA) is 71.1 Å². The summed E-state index contributed by atoms with van der Waals surface area (Å²) in [6.45, 7) is 0.206. The van der Waals surface area contributed by atoms with Crippen LogP contribution in [0.1, 0.15) is 4.88 Å². The zero-order chi connectivity index (χ0) is 13.9. The minimum atomic E-state index is -3.60. The molecule has 0 aromatic carbocycles. The highest BCUT2D eigenvalue weighted by atomic mass is 35.5. The van der Waals surface area contributed by atoms with Crippen molar-refractivity contribution < 1.29 is 8.42 Å². The fraction of sp³-hybridized carbons (Fsp3) is 0.182. The van der Waals surface area contributed by atoms with Gasteiger partial charge in [-0.25, -0.2) is 13.1 Å². The first kappa shape index (κ1) is 14.3. The van der Waals surface area contributed by atoms with Crippen LogP contribution in [0.2, 0.25) is 4.34 Å². The Bertz CT molecular complexity index is 670. The molecule has 0 aliphatic heterocycles. The Balaban J connectivity index is 2.18. The fourth-order valence-corrected chi connectivity index (χ4v) is 3.77. The second-order valence-electron chi connectivity index (χ2n) is 3.65. The van der Waals surface area contributed by atoms with Crippen molar-refractivity contribution in [3.05, 3.63) is 39.8 Å². The van der Waals surface area contributed by atoms with Crippen molar-refractivity contribution in [2.24, 2.45) is 0 Å². The smallest absolute Gasteiger partial charge is 0.244 e. The van der Waals surface area contributed by atoms with Gasteiger partial charge in [-0.3, -0.25) is 4.98 Å². The summed E-state index contributed by atoms with van der Waals surface area (Å²) in [5, 5.41) is 2.83. The second-order valence-corrected chi connectivity index (χ2v) is 7.19. The minimum Gasteiger partial charge on any atom is -0.387 e. The molecule has 5 nitrogen and oxygen atoms in total. The van der Waals surface area contributed by atoms with Gasteiger partial charge in [0.15, 0.2) is 0 Å². The maximum absolute atomic E-state index is 12.2.